The fourth-order valence-electron chi connectivity index (χ4n) is 3.24. The number of rotatable bonds is 2. The number of hydrogen-bond acceptors (Lipinski definition) is 3. The lowest BCUT2D eigenvalue weighted by molar-refractivity contribution is -0.139. The molecule has 104 valence electrons. The van der Waals surface area contributed by atoms with Crippen LogP contribution in [0.25, 0.3) is 0 Å². The fraction of sp³-hybridized carbons (Fsp3) is 0.929. The summed E-state index contributed by atoms with van der Waals surface area (Å²) in [5, 5.41) is 0. The molecule has 2 N–H and O–H groups in total. The minimum absolute atomic E-state index is 0.239. The van der Waals surface area contributed by atoms with Gasteiger partial charge in [0, 0.05) is 31.6 Å². The Labute approximate surface area is 110 Å². The summed E-state index contributed by atoms with van der Waals surface area (Å²) in [5.74, 6) is 1.19. The summed E-state index contributed by atoms with van der Waals surface area (Å²) in [6.07, 6.45) is 4.45. The number of carbonyl (C=O) groups excluding carboxylic acids is 1. The minimum Gasteiger partial charge on any atom is -0.340 e. The first kappa shape index (κ1) is 13.8. The number of hydrogen-bond donors (Lipinski definition) is 1. The van der Waals surface area contributed by atoms with Crippen molar-refractivity contribution in [1.29, 1.82) is 0 Å². The lowest BCUT2D eigenvalue weighted by atomic mass is 9.80. The normalized spacial score (nSPS) is 34.6. The van der Waals surface area contributed by atoms with Crippen LogP contribution in [0.3, 0.4) is 0 Å². The van der Waals surface area contributed by atoms with Gasteiger partial charge in [0.1, 0.15) is 0 Å². The maximum Gasteiger partial charge on any atom is 0.225 e. The first-order valence-corrected chi connectivity index (χ1v) is 7.31. The Bertz CT molecular complexity index is 287. The first-order valence-electron chi connectivity index (χ1n) is 7.31. The summed E-state index contributed by atoms with van der Waals surface area (Å²) in [6.45, 7) is 5.72. The van der Waals surface area contributed by atoms with Crippen molar-refractivity contribution in [1.82, 2.24) is 9.80 Å². The number of amides is 1. The summed E-state index contributed by atoms with van der Waals surface area (Å²) in [5.41, 5.74) is 5.75. The Kier molecular flexibility index (Phi) is 4.62. The Morgan fingerprint density at radius 2 is 2.11 bits per heavy atom. The Hall–Kier alpha value is -0.610. The van der Waals surface area contributed by atoms with Gasteiger partial charge in [-0.15, -0.1) is 0 Å². The lowest BCUT2D eigenvalue weighted by Crippen LogP contribution is -2.53. The zero-order valence-corrected chi connectivity index (χ0v) is 11.8. The molecule has 3 atom stereocenters. The van der Waals surface area contributed by atoms with Crippen LogP contribution in [0.2, 0.25) is 0 Å². The summed E-state index contributed by atoms with van der Waals surface area (Å²) >= 11 is 0. The summed E-state index contributed by atoms with van der Waals surface area (Å²) < 4.78 is 0. The van der Waals surface area contributed by atoms with E-state index in [4.69, 9.17) is 5.73 Å². The van der Waals surface area contributed by atoms with Gasteiger partial charge < -0.3 is 15.5 Å². The summed E-state index contributed by atoms with van der Waals surface area (Å²) in [4.78, 5) is 16.9. The van der Waals surface area contributed by atoms with Crippen LogP contribution in [0.4, 0.5) is 0 Å². The molecule has 1 aliphatic heterocycles. The van der Waals surface area contributed by atoms with Crippen LogP contribution in [0.1, 0.15) is 32.6 Å². The Morgan fingerprint density at radius 1 is 1.33 bits per heavy atom. The van der Waals surface area contributed by atoms with Gasteiger partial charge in [-0.1, -0.05) is 6.42 Å². The van der Waals surface area contributed by atoms with Crippen LogP contribution in [0.5, 0.6) is 0 Å². The molecule has 1 heterocycles. The Balaban J connectivity index is 1.90. The molecule has 18 heavy (non-hydrogen) atoms. The maximum atomic E-state index is 12.5. The molecule has 0 radical (unpaired) electrons. The fourth-order valence-corrected chi connectivity index (χ4v) is 3.24. The predicted octanol–water partition coefficient (Wildman–Crippen LogP) is 0.914. The molecule has 0 aromatic carbocycles. The highest BCUT2D eigenvalue weighted by molar-refractivity contribution is 5.79. The smallest absolute Gasteiger partial charge is 0.225 e. The molecule has 2 rings (SSSR count). The molecule has 1 saturated heterocycles. The average molecular weight is 253 g/mol. The largest absolute Gasteiger partial charge is 0.340 e. The van der Waals surface area contributed by atoms with E-state index in [1.807, 2.05) is 0 Å². The second kappa shape index (κ2) is 6.02. The monoisotopic (exact) mass is 253 g/mol. The van der Waals surface area contributed by atoms with Crippen molar-refractivity contribution in [2.75, 3.05) is 33.2 Å². The van der Waals surface area contributed by atoms with E-state index >= 15 is 0 Å². The van der Waals surface area contributed by atoms with Crippen molar-refractivity contribution in [3.05, 3.63) is 0 Å². The molecule has 2 fully saturated rings. The quantitative estimate of drug-likeness (QED) is 0.796. The maximum absolute atomic E-state index is 12.5. The third-order valence-electron chi connectivity index (χ3n) is 4.74. The molecular formula is C14H27N3O. The highest BCUT2D eigenvalue weighted by Crippen LogP contribution is 2.30. The van der Waals surface area contributed by atoms with E-state index in [0.29, 0.717) is 17.9 Å². The van der Waals surface area contributed by atoms with E-state index in [1.54, 1.807) is 0 Å². The van der Waals surface area contributed by atoms with E-state index in [0.717, 1.165) is 39.0 Å². The molecule has 4 nitrogen and oxygen atoms in total. The van der Waals surface area contributed by atoms with Crippen LogP contribution in [0, 0.1) is 11.8 Å². The molecular weight excluding hydrogens is 226 g/mol. The number of carbonyl (C=O) groups is 1. The number of likely N-dealkylation sites (N-methyl/N-ethyl adjacent to an activating group) is 1. The van der Waals surface area contributed by atoms with Gasteiger partial charge in [0.25, 0.3) is 0 Å². The molecule has 0 aromatic rings. The molecule has 0 spiro atoms. The standard InChI is InChI=1S/C14H27N3O/c1-11-10-17(7-6-16(11)2)14(18)13-5-3-4-12(8-13)9-15/h11-13H,3-10,15H2,1-2H3. The molecule has 2 aliphatic rings. The van der Waals surface area contributed by atoms with Gasteiger partial charge in [-0.2, -0.15) is 0 Å². The van der Waals surface area contributed by atoms with Gasteiger partial charge in [-0.25, -0.2) is 0 Å². The summed E-state index contributed by atoms with van der Waals surface area (Å²) in [6, 6.07) is 0.483. The SMILES string of the molecule is CC1CN(C(=O)C2CCCC(CN)C2)CCN1C. The van der Waals surface area contributed by atoms with Gasteiger partial charge in [-0.3, -0.25) is 4.79 Å². The zero-order valence-electron chi connectivity index (χ0n) is 11.8. The molecule has 1 amide bonds. The number of nitrogens with two attached hydrogens (primary N) is 1. The van der Waals surface area contributed by atoms with Crippen LogP contribution < -0.4 is 5.73 Å². The topological polar surface area (TPSA) is 49.6 Å². The minimum atomic E-state index is 0.239. The van der Waals surface area contributed by atoms with Gasteiger partial charge in [0.05, 0.1) is 0 Å². The van der Waals surface area contributed by atoms with E-state index in [1.165, 1.54) is 12.8 Å². The van der Waals surface area contributed by atoms with Crippen LogP contribution in [-0.2, 0) is 4.79 Å². The zero-order chi connectivity index (χ0) is 13.1. The van der Waals surface area contributed by atoms with E-state index < -0.39 is 0 Å². The second-order valence-electron chi connectivity index (χ2n) is 6.08. The first-order chi connectivity index (χ1) is 8.61. The third kappa shape index (κ3) is 3.04. The third-order valence-corrected chi connectivity index (χ3v) is 4.74. The van der Waals surface area contributed by atoms with Crippen molar-refractivity contribution in [3.8, 4) is 0 Å². The van der Waals surface area contributed by atoms with E-state index in [9.17, 15) is 4.79 Å². The van der Waals surface area contributed by atoms with Crippen molar-refractivity contribution in [3.63, 3.8) is 0 Å². The van der Waals surface area contributed by atoms with Crippen LogP contribution in [0.15, 0.2) is 0 Å². The van der Waals surface area contributed by atoms with Crippen molar-refractivity contribution in [2.45, 2.75) is 38.6 Å². The molecule has 1 saturated carbocycles. The Morgan fingerprint density at radius 3 is 2.78 bits per heavy atom. The number of piperazine rings is 1. The van der Waals surface area contributed by atoms with Crippen molar-refractivity contribution >= 4 is 5.91 Å². The van der Waals surface area contributed by atoms with Gasteiger partial charge in [-0.05, 0) is 45.7 Å². The highest BCUT2D eigenvalue weighted by atomic mass is 16.2. The lowest BCUT2D eigenvalue weighted by Gasteiger charge is -2.40. The predicted molar refractivity (Wildman–Crippen MR) is 73.2 cm³/mol. The van der Waals surface area contributed by atoms with E-state index in [-0.39, 0.29) is 5.92 Å². The second-order valence-corrected chi connectivity index (χ2v) is 6.08. The van der Waals surface area contributed by atoms with Crippen LogP contribution >= 0.6 is 0 Å². The van der Waals surface area contributed by atoms with Crippen molar-refractivity contribution < 1.29 is 4.79 Å². The van der Waals surface area contributed by atoms with Gasteiger partial charge in [0.2, 0.25) is 5.91 Å². The average Bonchev–Trinajstić information content (AvgIpc) is 2.41. The molecule has 0 aromatic heterocycles. The van der Waals surface area contributed by atoms with E-state index in [2.05, 4.69) is 23.8 Å². The molecule has 3 unspecified atom stereocenters. The van der Waals surface area contributed by atoms with Crippen molar-refractivity contribution in [2.24, 2.45) is 17.6 Å². The molecule has 4 heteroatoms. The molecule has 0 bridgehead atoms. The van der Waals surface area contributed by atoms with Gasteiger partial charge in [0.15, 0.2) is 0 Å². The van der Waals surface area contributed by atoms with Crippen LogP contribution in [-0.4, -0.2) is 55.0 Å². The number of nitrogens with zero attached hydrogens (tertiary/aromatic N) is 2. The summed E-state index contributed by atoms with van der Waals surface area (Å²) in [7, 11) is 2.14. The van der Waals surface area contributed by atoms with Gasteiger partial charge >= 0.3 is 0 Å². The highest BCUT2D eigenvalue weighted by Gasteiger charge is 2.32. The molecule has 1 aliphatic carbocycles.